The molecule has 6 heteroatoms. The second-order valence-electron chi connectivity index (χ2n) is 4.52. The Hall–Kier alpha value is -2.27. The molecule has 5 nitrogen and oxygen atoms in total. The number of carbonyl (C=O) groups excluding carboxylic acids is 2. The van der Waals surface area contributed by atoms with Gasteiger partial charge in [0.25, 0.3) is 11.7 Å². The zero-order valence-corrected chi connectivity index (χ0v) is 11.4. The number of nitrogens with zero attached hydrogens (tertiary/aromatic N) is 3. The molecular weight excluding hydrogens is 278 g/mol. The zero-order valence-electron chi connectivity index (χ0n) is 10.6. The first kappa shape index (κ1) is 12.7. The third-order valence-corrected chi connectivity index (χ3v) is 3.38. The van der Waals surface area contributed by atoms with Crippen LogP contribution in [0.25, 0.3) is 0 Å². The van der Waals surface area contributed by atoms with Crippen molar-refractivity contribution in [3.8, 4) is 0 Å². The van der Waals surface area contributed by atoms with Crippen molar-refractivity contribution in [2.45, 2.75) is 13.5 Å². The second kappa shape index (κ2) is 4.68. The number of benzene rings is 1. The first-order valence-corrected chi connectivity index (χ1v) is 6.38. The second-order valence-corrected chi connectivity index (χ2v) is 4.91. The average Bonchev–Trinajstić information content (AvgIpc) is 2.68. The lowest BCUT2D eigenvalue weighted by molar-refractivity contribution is -0.114. The molecule has 1 aromatic carbocycles. The first-order chi connectivity index (χ1) is 9.58. The summed E-state index contributed by atoms with van der Waals surface area (Å²) in [5.74, 6) is -1.02. The van der Waals surface area contributed by atoms with E-state index >= 15 is 0 Å². The van der Waals surface area contributed by atoms with Crippen molar-refractivity contribution in [3.63, 3.8) is 0 Å². The normalized spacial score (nSPS) is 13.8. The number of fused-ring (bicyclic) bond motifs is 1. The molecular formula is C14H10ClN3O2. The molecule has 3 rings (SSSR count). The standard InChI is InChI=1S/C14H10ClN3O2/c1-8-3-2-4-10-12(8)18(14(20)13(10)19)7-9-5-17-11(15)6-16-9/h2-6H,7H2,1H3. The average molecular weight is 288 g/mol. The predicted octanol–water partition coefficient (Wildman–Crippen LogP) is 2.17. The van der Waals surface area contributed by atoms with Crippen molar-refractivity contribution < 1.29 is 9.59 Å². The molecule has 0 atom stereocenters. The van der Waals surface area contributed by atoms with Crippen molar-refractivity contribution in [2.75, 3.05) is 4.90 Å². The van der Waals surface area contributed by atoms with Gasteiger partial charge in [-0.1, -0.05) is 23.7 Å². The van der Waals surface area contributed by atoms with Crippen LogP contribution >= 0.6 is 11.6 Å². The number of para-hydroxylation sites is 1. The Kier molecular flexibility index (Phi) is 2.99. The predicted molar refractivity (Wildman–Crippen MR) is 73.7 cm³/mol. The first-order valence-electron chi connectivity index (χ1n) is 6.00. The number of carbonyl (C=O) groups is 2. The molecule has 1 amide bonds. The van der Waals surface area contributed by atoms with Gasteiger partial charge in [-0.05, 0) is 18.6 Å². The van der Waals surface area contributed by atoms with Crippen LogP contribution in [0.1, 0.15) is 21.6 Å². The summed E-state index contributed by atoms with van der Waals surface area (Å²) in [5, 5.41) is 0.286. The van der Waals surface area contributed by atoms with Crippen LogP contribution in [0.15, 0.2) is 30.6 Å². The molecule has 0 N–H and O–H groups in total. The lowest BCUT2D eigenvalue weighted by atomic mass is 10.1. The van der Waals surface area contributed by atoms with Crippen LogP contribution in [0, 0.1) is 6.92 Å². The van der Waals surface area contributed by atoms with E-state index in [2.05, 4.69) is 9.97 Å². The number of aryl methyl sites for hydroxylation is 1. The Morgan fingerprint density at radius 1 is 1.20 bits per heavy atom. The minimum absolute atomic E-state index is 0.201. The Labute approximate surface area is 120 Å². The summed E-state index contributed by atoms with van der Waals surface area (Å²) in [6, 6.07) is 5.30. The van der Waals surface area contributed by atoms with E-state index in [-0.39, 0.29) is 11.7 Å². The zero-order chi connectivity index (χ0) is 14.3. The van der Waals surface area contributed by atoms with Crippen molar-refractivity contribution in [1.29, 1.82) is 0 Å². The fourth-order valence-corrected chi connectivity index (χ4v) is 2.37. The summed E-state index contributed by atoms with van der Waals surface area (Å²) in [4.78, 5) is 33.5. The summed E-state index contributed by atoms with van der Waals surface area (Å²) in [5.41, 5.74) is 2.55. The van der Waals surface area contributed by atoms with E-state index in [1.54, 1.807) is 12.1 Å². The minimum atomic E-state index is -0.536. The van der Waals surface area contributed by atoms with E-state index in [0.717, 1.165) is 5.56 Å². The monoisotopic (exact) mass is 287 g/mol. The van der Waals surface area contributed by atoms with Gasteiger partial charge in [-0.3, -0.25) is 19.5 Å². The van der Waals surface area contributed by atoms with Crippen LogP contribution in [0.2, 0.25) is 5.15 Å². The molecule has 2 aromatic rings. The summed E-state index contributed by atoms with van der Waals surface area (Å²) in [6.07, 6.45) is 2.91. The van der Waals surface area contributed by atoms with Gasteiger partial charge < -0.3 is 0 Å². The number of hydrogen-bond acceptors (Lipinski definition) is 4. The fraction of sp³-hybridized carbons (Fsp3) is 0.143. The number of aromatic nitrogens is 2. The van der Waals surface area contributed by atoms with Gasteiger partial charge in [0.2, 0.25) is 0 Å². The molecule has 20 heavy (non-hydrogen) atoms. The maximum Gasteiger partial charge on any atom is 0.299 e. The number of Topliss-reactive ketones (excluding diaryl/α,β-unsaturated/α-hetero) is 1. The maximum absolute atomic E-state index is 12.1. The van der Waals surface area contributed by atoms with Gasteiger partial charge >= 0.3 is 0 Å². The number of halogens is 1. The Morgan fingerprint density at radius 3 is 2.70 bits per heavy atom. The molecule has 2 heterocycles. The lowest BCUT2D eigenvalue weighted by Gasteiger charge is -2.17. The Morgan fingerprint density at radius 2 is 2.00 bits per heavy atom. The fourth-order valence-electron chi connectivity index (χ4n) is 2.27. The topological polar surface area (TPSA) is 63.2 Å². The summed E-state index contributed by atoms with van der Waals surface area (Å²) in [6.45, 7) is 2.07. The number of rotatable bonds is 2. The molecule has 0 saturated carbocycles. The molecule has 0 fully saturated rings. The molecule has 0 radical (unpaired) electrons. The number of hydrogen-bond donors (Lipinski definition) is 0. The van der Waals surface area contributed by atoms with E-state index in [1.165, 1.54) is 17.3 Å². The summed E-state index contributed by atoms with van der Waals surface area (Å²) in [7, 11) is 0. The molecule has 0 bridgehead atoms. The molecule has 0 saturated heterocycles. The molecule has 1 aromatic heterocycles. The molecule has 100 valence electrons. The Balaban J connectivity index is 2.01. The van der Waals surface area contributed by atoms with E-state index in [1.807, 2.05) is 13.0 Å². The molecule has 0 unspecified atom stereocenters. The van der Waals surface area contributed by atoms with Gasteiger partial charge in [-0.25, -0.2) is 4.98 Å². The quantitative estimate of drug-likeness (QED) is 0.794. The summed E-state index contributed by atoms with van der Waals surface area (Å²) < 4.78 is 0. The molecule has 1 aliphatic heterocycles. The third kappa shape index (κ3) is 1.96. The van der Waals surface area contributed by atoms with Crippen LogP contribution in [0.3, 0.4) is 0 Å². The number of amides is 1. The SMILES string of the molecule is Cc1cccc2c1N(Cc1cnc(Cl)cn1)C(=O)C2=O. The molecule has 1 aliphatic rings. The highest BCUT2D eigenvalue weighted by molar-refractivity contribution is 6.52. The van der Waals surface area contributed by atoms with Crippen LogP contribution < -0.4 is 4.90 Å². The number of ketones is 1. The van der Waals surface area contributed by atoms with Crippen LogP contribution in [-0.4, -0.2) is 21.7 Å². The Bertz CT molecular complexity index is 713. The highest BCUT2D eigenvalue weighted by Crippen LogP contribution is 2.33. The highest BCUT2D eigenvalue weighted by atomic mass is 35.5. The van der Waals surface area contributed by atoms with Gasteiger partial charge in [0.1, 0.15) is 5.15 Å². The van der Waals surface area contributed by atoms with Gasteiger partial charge in [-0.15, -0.1) is 0 Å². The molecule has 0 spiro atoms. The van der Waals surface area contributed by atoms with Crippen molar-refractivity contribution in [2.24, 2.45) is 0 Å². The summed E-state index contributed by atoms with van der Waals surface area (Å²) >= 11 is 5.68. The largest absolute Gasteiger partial charge is 0.299 e. The van der Waals surface area contributed by atoms with E-state index < -0.39 is 11.7 Å². The van der Waals surface area contributed by atoms with Crippen molar-refractivity contribution in [1.82, 2.24) is 9.97 Å². The van der Waals surface area contributed by atoms with Crippen molar-refractivity contribution in [3.05, 3.63) is 52.6 Å². The highest BCUT2D eigenvalue weighted by Gasteiger charge is 2.36. The van der Waals surface area contributed by atoms with Crippen LogP contribution in [0.4, 0.5) is 5.69 Å². The third-order valence-electron chi connectivity index (χ3n) is 3.19. The minimum Gasteiger partial charge on any atom is -0.298 e. The molecule has 0 aliphatic carbocycles. The number of anilines is 1. The van der Waals surface area contributed by atoms with Crippen LogP contribution in [0.5, 0.6) is 0 Å². The van der Waals surface area contributed by atoms with Gasteiger partial charge in [0.15, 0.2) is 0 Å². The van der Waals surface area contributed by atoms with Crippen LogP contribution in [-0.2, 0) is 11.3 Å². The van der Waals surface area contributed by atoms with Gasteiger partial charge in [-0.2, -0.15) is 0 Å². The van der Waals surface area contributed by atoms with Gasteiger partial charge in [0, 0.05) is 0 Å². The van der Waals surface area contributed by atoms with E-state index in [4.69, 9.17) is 11.6 Å². The lowest BCUT2D eigenvalue weighted by Crippen LogP contribution is -2.29. The van der Waals surface area contributed by atoms with E-state index in [0.29, 0.717) is 16.9 Å². The van der Waals surface area contributed by atoms with Gasteiger partial charge in [0.05, 0.1) is 35.9 Å². The van der Waals surface area contributed by atoms with Crippen molar-refractivity contribution >= 4 is 29.0 Å². The smallest absolute Gasteiger partial charge is 0.298 e. The van der Waals surface area contributed by atoms with E-state index in [9.17, 15) is 9.59 Å². The maximum atomic E-state index is 12.1.